The SMILES string of the molecule is CCOCCOc1cc(C)ccc1CNC(=NC)NCC(C)(C)OC. The average molecular weight is 351 g/mol. The molecule has 0 amide bonds. The fraction of sp³-hybridized carbons (Fsp3) is 0.632. The molecule has 0 aliphatic rings. The lowest BCUT2D eigenvalue weighted by Gasteiger charge is -2.24. The van der Waals surface area contributed by atoms with Gasteiger partial charge in [0.1, 0.15) is 12.4 Å². The van der Waals surface area contributed by atoms with Gasteiger partial charge in [0.05, 0.1) is 12.2 Å². The van der Waals surface area contributed by atoms with Crippen molar-refractivity contribution in [1.29, 1.82) is 0 Å². The molecule has 1 aromatic carbocycles. The van der Waals surface area contributed by atoms with Gasteiger partial charge in [-0.25, -0.2) is 0 Å². The molecule has 6 heteroatoms. The third-order valence-corrected chi connectivity index (χ3v) is 3.82. The summed E-state index contributed by atoms with van der Waals surface area (Å²) in [5.41, 5.74) is 1.99. The van der Waals surface area contributed by atoms with E-state index in [-0.39, 0.29) is 5.60 Å². The van der Waals surface area contributed by atoms with Crippen LogP contribution >= 0.6 is 0 Å². The summed E-state index contributed by atoms with van der Waals surface area (Å²) in [6, 6.07) is 6.20. The minimum Gasteiger partial charge on any atom is -0.491 e. The monoisotopic (exact) mass is 351 g/mol. The number of ether oxygens (including phenoxy) is 3. The van der Waals surface area contributed by atoms with Crippen LogP contribution in [0.1, 0.15) is 31.9 Å². The molecular formula is C19H33N3O3. The van der Waals surface area contributed by atoms with E-state index in [1.54, 1.807) is 14.2 Å². The second-order valence-corrected chi connectivity index (χ2v) is 6.40. The van der Waals surface area contributed by atoms with Crippen molar-refractivity contribution < 1.29 is 14.2 Å². The van der Waals surface area contributed by atoms with Crippen LogP contribution in [0, 0.1) is 6.92 Å². The van der Waals surface area contributed by atoms with Gasteiger partial charge in [-0.2, -0.15) is 0 Å². The Morgan fingerprint density at radius 2 is 1.96 bits per heavy atom. The van der Waals surface area contributed by atoms with Gasteiger partial charge in [-0.3, -0.25) is 4.99 Å². The van der Waals surface area contributed by atoms with E-state index >= 15 is 0 Å². The van der Waals surface area contributed by atoms with Gasteiger partial charge in [0.25, 0.3) is 0 Å². The Kier molecular flexibility index (Phi) is 9.31. The van der Waals surface area contributed by atoms with Crippen molar-refractivity contribution in [2.45, 2.75) is 39.8 Å². The van der Waals surface area contributed by atoms with Crippen LogP contribution in [0.4, 0.5) is 0 Å². The van der Waals surface area contributed by atoms with Crippen molar-refractivity contribution in [3.8, 4) is 5.75 Å². The molecule has 2 N–H and O–H groups in total. The number of guanidine groups is 1. The minimum atomic E-state index is -0.255. The molecule has 1 rings (SSSR count). The number of benzene rings is 1. The number of aliphatic imine (C=N–C) groups is 1. The number of aryl methyl sites for hydroxylation is 1. The predicted molar refractivity (Wildman–Crippen MR) is 102 cm³/mol. The second kappa shape index (κ2) is 10.9. The van der Waals surface area contributed by atoms with Crippen LogP contribution in [0.5, 0.6) is 5.75 Å². The molecule has 6 nitrogen and oxygen atoms in total. The summed E-state index contributed by atoms with van der Waals surface area (Å²) >= 11 is 0. The molecular weight excluding hydrogens is 318 g/mol. The van der Waals surface area contributed by atoms with E-state index < -0.39 is 0 Å². The highest BCUT2D eigenvalue weighted by Crippen LogP contribution is 2.20. The largest absolute Gasteiger partial charge is 0.491 e. The van der Waals surface area contributed by atoms with Gasteiger partial charge in [0, 0.05) is 39.4 Å². The van der Waals surface area contributed by atoms with Crippen LogP contribution in [0.2, 0.25) is 0 Å². The van der Waals surface area contributed by atoms with Crippen molar-refractivity contribution in [3.05, 3.63) is 29.3 Å². The zero-order valence-electron chi connectivity index (χ0n) is 16.4. The van der Waals surface area contributed by atoms with Crippen LogP contribution in [0.3, 0.4) is 0 Å². The Balaban J connectivity index is 2.62. The lowest BCUT2D eigenvalue weighted by molar-refractivity contribution is 0.0268. The number of methoxy groups -OCH3 is 1. The first kappa shape index (κ1) is 21.3. The molecule has 142 valence electrons. The van der Waals surface area contributed by atoms with Gasteiger partial charge in [-0.15, -0.1) is 0 Å². The van der Waals surface area contributed by atoms with E-state index in [1.807, 2.05) is 26.8 Å². The fourth-order valence-electron chi connectivity index (χ4n) is 2.07. The third kappa shape index (κ3) is 8.23. The van der Waals surface area contributed by atoms with Crippen molar-refractivity contribution in [2.75, 3.05) is 40.5 Å². The highest BCUT2D eigenvalue weighted by atomic mass is 16.5. The normalized spacial score (nSPS) is 12.2. The minimum absolute atomic E-state index is 0.255. The Morgan fingerprint density at radius 1 is 1.20 bits per heavy atom. The average Bonchev–Trinajstić information content (AvgIpc) is 2.60. The molecule has 25 heavy (non-hydrogen) atoms. The van der Waals surface area contributed by atoms with Crippen LogP contribution in [0.15, 0.2) is 23.2 Å². The lowest BCUT2D eigenvalue weighted by Crippen LogP contribution is -2.45. The molecule has 0 unspecified atom stereocenters. The number of nitrogens with one attached hydrogen (secondary N) is 2. The topological polar surface area (TPSA) is 64.1 Å². The van der Waals surface area contributed by atoms with E-state index in [4.69, 9.17) is 14.2 Å². The molecule has 0 radical (unpaired) electrons. The highest BCUT2D eigenvalue weighted by Gasteiger charge is 2.16. The van der Waals surface area contributed by atoms with E-state index in [9.17, 15) is 0 Å². The zero-order valence-corrected chi connectivity index (χ0v) is 16.4. The molecule has 0 fully saturated rings. The van der Waals surface area contributed by atoms with Gasteiger partial charge >= 0.3 is 0 Å². The summed E-state index contributed by atoms with van der Waals surface area (Å²) in [6.07, 6.45) is 0. The maximum absolute atomic E-state index is 5.87. The predicted octanol–water partition coefficient (Wildman–Crippen LogP) is 2.50. The molecule has 0 bridgehead atoms. The Morgan fingerprint density at radius 3 is 2.60 bits per heavy atom. The molecule has 1 aromatic rings. The number of hydrogen-bond acceptors (Lipinski definition) is 4. The maximum atomic E-state index is 5.87. The van der Waals surface area contributed by atoms with E-state index in [0.717, 1.165) is 17.3 Å². The summed E-state index contributed by atoms with van der Waals surface area (Å²) in [7, 11) is 3.46. The third-order valence-electron chi connectivity index (χ3n) is 3.82. The molecule has 0 aliphatic carbocycles. The summed E-state index contributed by atoms with van der Waals surface area (Å²) in [4.78, 5) is 4.25. The molecule has 0 saturated heterocycles. The van der Waals surface area contributed by atoms with Gasteiger partial charge < -0.3 is 24.8 Å². The van der Waals surface area contributed by atoms with E-state index in [0.29, 0.717) is 32.9 Å². The van der Waals surface area contributed by atoms with Gasteiger partial charge in [-0.05, 0) is 39.3 Å². The molecule has 0 heterocycles. The first-order valence-corrected chi connectivity index (χ1v) is 8.71. The van der Waals surface area contributed by atoms with Gasteiger partial charge in [0.2, 0.25) is 0 Å². The van der Waals surface area contributed by atoms with Crippen molar-refractivity contribution in [2.24, 2.45) is 4.99 Å². The number of rotatable bonds is 10. The first-order valence-electron chi connectivity index (χ1n) is 8.71. The Bertz CT molecular complexity index is 545. The zero-order chi connectivity index (χ0) is 18.7. The standard InChI is InChI=1S/C19H33N3O3/c1-7-24-10-11-25-17-12-15(2)8-9-16(17)13-21-18(20-5)22-14-19(3,4)23-6/h8-9,12H,7,10-11,13-14H2,1-6H3,(H2,20,21,22). The molecule has 0 aliphatic heterocycles. The molecule has 0 spiro atoms. The van der Waals surface area contributed by atoms with E-state index in [2.05, 4.69) is 34.7 Å². The van der Waals surface area contributed by atoms with Crippen LogP contribution in [-0.4, -0.2) is 52.1 Å². The first-order chi connectivity index (χ1) is 11.9. The van der Waals surface area contributed by atoms with Gasteiger partial charge in [-0.1, -0.05) is 12.1 Å². The van der Waals surface area contributed by atoms with Gasteiger partial charge in [0.15, 0.2) is 5.96 Å². The summed E-state index contributed by atoms with van der Waals surface area (Å²) in [5, 5.41) is 6.59. The quantitative estimate of drug-likeness (QED) is 0.385. The Labute approximate surface area is 152 Å². The molecule has 0 saturated carbocycles. The van der Waals surface area contributed by atoms with E-state index in [1.165, 1.54) is 5.56 Å². The number of hydrogen-bond donors (Lipinski definition) is 2. The summed E-state index contributed by atoms with van der Waals surface area (Å²) in [6.45, 7) is 11.2. The van der Waals surface area contributed by atoms with Crippen molar-refractivity contribution >= 4 is 5.96 Å². The van der Waals surface area contributed by atoms with Crippen molar-refractivity contribution in [3.63, 3.8) is 0 Å². The van der Waals surface area contributed by atoms with Crippen LogP contribution in [0.25, 0.3) is 0 Å². The van der Waals surface area contributed by atoms with Crippen molar-refractivity contribution in [1.82, 2.24) is 10.6 Å². The molecule has 0 atom stereocenters. The Hall–Kier alpha value is -1.79. The van der Waals surface area contributed by atoms with Crippen LogP contribution in [-0.2, 0) is 16.0 Å². The summed E-state index contributed by atoms with van der Waals surface area (Å²) in [5.74, 6) is 1.60. The highest BCUT2D eigenvalue weighted by molar-refractivity contribution is 5.79. The van der Waals surface area contributed by atoms with Crippen LogP contribution < -0.4 is 15.4 Å². The maximum Gasteiger partial charge on any atom is 0.191 e. The molecule has 0 aromatic heterocycles. The fourth-order valence-corrected chi connectivity index (χ4v) is 2.07. The smallest absolute Gasteiger partial charge is 0.191 e. The second-order valence-electron chi connectivity index (χ2n) is 6.40. The summed E-state index contributed by atoms with van der Waals surface area (Å²) < 4.78 is 16.6. The lowest BCUT2D eigenvalue weighted by atomic mass is 10.1. The number of nitrogens with zero attached hydrogens (tertiary/aromatic N) is 1.